The maximum absolute atomic E-state index is 15.3. The van der Waals surface area contributed by atoms with Gasteiger partial charge in [0.25, 0.3) is 11.8 Å². The van der Waals surface area contributed by atoms with Crippen LogP contribution in [-0.4, -0.2) is 219 Å². The fourth-order valence-electron chi connectivity index (χ4n) is 13.4. The lowest BCUT2D eigenvalue weighted by molar-refractivity contribution is -0.134. The summed E-state index contributed by atoms with van der Waals surface area (Å²) in [7, 11) is 4.12. The molecule has 436 valence electrons. The molecule has 4 amide bonds. The highest BCUT2D eigenvalue weighted by molar-refractivity contribution is 5.98. The third-order valence-electron chi connectivity index (χ3n) is 17.9. The average molecular weight is 1150 g/mol. The highest BCUT2D eigenvalue weighted by atomic mass is 16.2. The average Bonchev–Trinajstić information content (AvgIpc) is 2.23. The summed E-state index contributed by atoms with van der Waals surface area (Å²) in [5.41, 5.74) is 7.54. The van der Waals surface area contributed by atoms with E-state index in [-0.39, 0.29) is 67.3 Å². The molecule has 0 radical (unpaired) electrons. The van der Waals surface area contributed by atoms with Gasteiger partial charge in [-0.05, 0) is 87.8 Å². The lowest BCUT2D eigenvalue weighted by Crippen LogP contribution is -2.56. The zero-order valence-corrected chi connectivity index (χ0v) is 47.7. The van der Waals surface area contributed by atoms with E-state index in [1.54, 1.807) is 38.7 Å². The molecule has 0 spiro atoms. The molecule has 4 atom stereocenters. The van der Waals surface area contributed by atoms with Crippen molar-refractivity contribution in [1.29, 1.82) is 5.26 Å². The number of anilines is 6. The fraction of sp³-hybridized carbons (Fsp3) is 0.417. The van der Waals surface area contributed by atoms with Crippen molar-refractivity contribution in [3.63, 3.8) is 0 Å². The summed E-state index contributed by atoms with van der Waals surface area (Å²) in [4.78, 5) is 82.5. The first-order chi connectivity index (χ1) is 41.5. The summed E-state index contributed by atoms with van der Waals surface area (Å²) < 4.78 is 6.83. The minimum Gasteiger partial charge on any atom is -0.364 e. The Morgan fingerprint density at radius 1 is 0.600 bits per heavy atom. The van der Waals surface area contributed by atoms with Gasteiger partial charge in [-0.15, -0.1) is 10.2 Å². The van der Waals surface area contributed by atoms with E-state index in [4.69, 9.17) is 20.2 Å². The highest BCUT2D eigenvalue weighted by Gasteiger charge is 2.45. The number of likely N-dealkylation sites (N-methyl/N-ethyl adjacent to an activating group) is 2. The van der Waals surface area contributed by atoms with E-state index in [0.29, 0.717) is 109 Å². The van der Waals surface area contributed by atoms with E-state index in [0.717, 1.165) is 68.8 Å². The predicted octanol–water partition coefficient (Wildman–Crippen LogP) is 3.92. The van der Waals surface area contributed by atoms with Crippen LogP contribution in [0.15, 0.2) is 104 Å². The number of benzene rings is 2. The number of nitrogens with one attached hydrogen (secondary N) is 2. The summed E-state index contributed by atoms with van der Waals surface area (Å²) in [5.74, 6) is 0.688. The Kier molecular flexibility index (Phi) is 14.1. The summed E-state index contributed by atoms with van der Waals surface area (Å²) in [5, 5.41) is 35.6. The van der Waals surface area contributed by atoms with E-state index in [9.17, 15) is 19.6 Å². The molecule has 85 heavy (non-hydrogen) atoms. The number of rotatable bonds is 14. The molecule has 6 aliphatic rings. The number of aromatic nitrogens is 10. The first kappa shape index (κ1) is 53.6. The third-order valence-corrected chi connectivity index (χ3v) is 17.9. The van der Waals surface area contributed by atoms with E-state index < -0.39 is 0 Å². The summed E-state index contributed by atoms with van der Waals surface area (Å²) >= 11 is 0. The largest absolute Gasteiger partial charge is 0.364 e. The molecule has 6 aromatic heterocycles. The second-order valence-electron chi connectivity index (χ2n) is 23.4. The fourth-order valence-corrected chi connectivity index (χ4v) is 13.4. The van der Waals surface area contributed by atoms with Crippen molar-refractivity contribution in [2.24, 2.45) is 0 Å². The van der Waals surface area contributed by atoms with E-state index >= 15 is 4.79 Å². The van der Waals surface area contributed by atoms with Crippen LogP contribution >= 0.6 is 0 Å². The molecule has 6 aliphatic heterocycles. The van der Waals surface area contributed by atoms with Crippen molar-refractivity contribution in [1.82, 2.24) is 78.2 Å². The molecule has 6 saturated heterocycles. The second-order valence-corrected chi connectivity index (χ2v) is 23.4. The Balaban J connectivity index is 0.720. The molecule has 4 bridgehead atoms. The highest BCUT2D eigenvalue weighted by Crippen LogP contribution is 2.39. The molecule has 25 nitrogen and oxygen atoms in total. The van der Waals surface area contributed by atoms with Gasteiger partial charge in [-0.25, -0.2) is 9.03 Å². The van der Waals surface area contributed by atoms with Crippen LogP contribution in [0.4, 0.5) is 34.6 Å². The molecule has 14 rings (SSSR count). The first-order valence-corrected chi connectivity index (χ1v) is 29.4. The molecule has 8 aromatic rings. The number of pyridine rings is 2. The van der Waals surface area contributed by atoms with E-state index in [2.05, 4.69) is 71.6 Å². The van der Waals surface area contributed by atoms with Crippen LogP contribution in [0.5, 0.6) is 0 Å². The number of hydrogen-bond donors (Lipinski definition) is 2. The zero-order valence-electron chi connectivity index (χ0n) is 47.7. The van der Waals surface area contributed by atoms with Gasteiger partial charge in [-0.3, -0.25) is 28.5 Å². The molecule has 0 saturated carbocycles. The van der Waals surface area contributed by atoms with Gasteiger partial charge >= 0.3 is 0 Å². The van der Waals surface area contributed by atoms with Crippen molar-refractivity contribution in [2.45, 2.75) is 69.4 Å². The molecule has 0 aliphatic carbocycles. The van der Waals surface area contributed by atoms with Gasteiger partial charge in [-0.2, -0.15) is 25.4 Å². The monoisotopic (exact) mass is 1150 g/mol. The van der Waals surface area contributed by atoms with Gasteiger partial charge in [0.15, 0.2) is 11.3 Å². The molecule has 6 fully saturated rings. The smallest absolute Gasteiger partial charge is 0.254 e. The van der Waals surface area contributed by atoms with Crippen LogP contribution in [0.25, 0.3) is 22.6 Å². The number of amides is 4. The van der Waals surface area contributed by atoms with Crippen molar-refractivity contribution in [2.75, 3.05) is 113 Å². The summed E-state index contributed by atoms with van der Waals surface area (Å²) in [6, 6.07) is 25.4. The quantitative estimate of drug-likeness (QED) is 0.157. The lowest BCUT2D eigenvalue weighted by Gasteiger charge is -2.42. The first-order valence-electron chi connectivity index (χ1n) is 29.4. The van der Waals surface area contributed by atoms with Crippen LogP contribution in [0.3, 0.4) is 0 Å². The van der Waals surface area contributed by atoms with Crippen LogP contribution in [0.2, 0.25) is 0 Å². The van der Waals surface area contributed by atoms with Crippen molar-refractivity contribution in [3.05, 3.63) is 120 Å². The second kappa shape index (κ2) is 22.3. The van der Waals surface area contributed by atoms with E-state index in [1.807, 2.05) is 92.1 Å². The maximum Gasteiger partial charge on any atom is 0.254 e. The molecule has 12 heterocycles. The molecule has 25 heteroatoms. The van der Waals surface area contributed by atoms with Gasteiger partial charge in [0, 0.05) is 138 Å². The molecular weight excluding hydrogens is 1080 g/mol. The number of hydrogen-bond acceptors (Lipinski definition) is 17. The molecule has 4 unspecified atom stereocenters. The number of nitrogens with zero attached hydrogens (tertiary/aromatic N) is 19. The van der Waals surface area contributed by atoms with Crippen molar-refractivity contribution < 1.29 is 19.2 Å². The number of nitriles is 1. The standard InChI is InChI=1S/C60H67N21O4/c1-70-21-25-72(26-22-70)53(82)38-76-32-43(30-62-76)64-59-66-55-51(9-6-20-78(55)68-59)74-36-47-14-15-48(37-74)80(47)58(85)49-29-42(11-10-40(49)18-19-61)50-16-17-52(75-34-45-12-13-46(35-75)79(45)57(84)41-7-4-3-5-8-41)56-67-60(69-81(50)56)65-44-31-63-77(33-44)39-54(83)73-27-23-71(2)24-28-73/h3-11,16-17,20,29-33,45-48H,12-15,18,21-28,34-39H2,1-2H3,(H,64,68)(H,65,69). The minimum absolute atomic E-state index is 0.00959. The SMILES string of the molecule is CN1CCN(C(=O)Cn2cc(Nc3nc4c(N5CC6CCC(C5)N6C(=O)c5cc(-c6ccc(N7CC8CCC(C7)N8C(=O)c7ccccc7)c7nc(Nc8cnn(CC(=O)N9CCN(C)CC9)c8)nn67)ccc5CC#N)cccn4n3)cn2)CC1. The van der Waals surface area contributed by atoms with Gasteiger partial charge in [0.2, 0.25) is 23.7 Å². The molecule has 2 aromatic carbocycles. The molecule has 2 N–H and O–H groups in total. The van der Waals surface area contributed by atoms with Gasteiger partial charge < -0.3 is 49.8 Å². The Morgan fingerprint density at radius 2 is 1.14 bits per heavy atom. The minimum atomic E-state index is -0.118. The Morgan fingerprint density at radius 3 is 1.72 bits per heavy atom. The normalized spacial score (nSPS) is 20.9. The zero-order chi connectivity index (χ0) is 57.9. The van der Waals surface area contributed by atoms with Crippen LogP contribution in [0.1, 0.15) is 52.0 Å². The lowest BCUT2D eigenvalue weighted by atomic mass is 9.97. The third kappa shape index (κ3) is 10.5. The summed E-state index contributed by atoms with van der Waals surface area (Å²) in [6.07, 6.45) is 12.3. The van der Waals surface area contributed by atoms with Crippen LogP contribution in [0, 0.1) is 11.3 Å². The topological polar surface area (TPSA) is 238 Å². The molecular formula is C60H67N21O4. The Bertz CT molecular complexity index is 3860. The van der Waals surface area contributed by atoms with Crippen LogP contribution < -0.4 is 20.4 Å². The number of piperazine rings is 4. The van der Waals surface area contributed by atoms with Gasteiger partial charge in [0.1, 0.15) is 13.1 Å². The number of carbonyl (C=O) groups is 4. The van der Waals surface area contributed by atoms with Crippen molar-refractivity contribution in [3.8, 4) is 17.3 Å². The van der Waals surface area contributed by atoms with Crippen molar-refractivity contribution >= 4 is 69.6 Å². The van der Waals surface area contributed by atoms with Gasteiger partial charge in [-0.1, -0.05) is 30.3 Å². The van der Waals surface area contributed by atoms with E-state index in [1.165, 1.54) is 0 Å². The van der Waals surface area contributed by atoms with Crippen LogP contribution in [-0.2, 0) is 29.1 Å². The summed E-state index contributed by atoms with van der Waals surface area (Å²) in [6.45, 7) is 8.78. The number of fused-ring (bicyclic) bond motifs is 6. The number of carbonyl (C=O) groups excluding carboxylic acids is 4. The maximum atomic E-state index is 15.3. The Hall–Kier alpha value is -9.41. The Labute approximate surface area is 490 Å². The van der Waals surface area contributed by atoms with Gasteiger partial charge in [0.05, 0.1) is 53.3 Å². The predicted molar refractivity (Wildman–Crippen MR) is 317 cm³/mol.